The maximum atomic E-state index is 12.8. The molecule has 25 heavy (non-hydrogen) atoms. The fourth-order valence-electron chi connectivity index (χ4n) is 3.64. The van der Waals surface area contributed by atoms with Gasteiger partial charge in [0.05, 0.1) is 24.5 Å². The van der Waals surface area contributed by atoms with E-state index in [2.05, 4.69) is 19.2 Å². The van der Waals surface area contributed by atoms with Gasteiger partial charge in [-0.1, -0.05) is 26.0 Å². The van der Waals surface area contributed by atoms with Crippen molar-refractivity contribution in [3.05, 3.63) is 29.8 Å². The van der Waals surface area contributed by atoms with E-state index in [0.29, 0.717) is 43.5 Å². The van der Waals surface area contributed by atoms with Crippen molar-refractivity contribution < 1.29 is 14.3 Å². The van der Waals surface area contributed by atoms with Gasteiger partial charge in [0.1, 0.15) is 0 Å². The van der Waals surface area contributed by atoms with E-state index in [1.807, 2.05) is 17.0 Å². The van der Waals surface area contributed by atoms with Crippen LogP contribution in [0.3, 0.4) is 0 Å². The molecule has 0 spiro atoms. The molecule has 0 radical (unpaired) electrons. The van der Waals surface area contributed by atoms with E-state index in [4.69, 9.17) is 4.74 Å². The fourth-order valence-corrected chi connectivity index (χ4v) is 3.64. The predicted molar refractivity (Wildman–Crippen MR) is 96.7 cm³/mol. The molecule has 0 aliphatic carbocycles. The minimum Gasteiger partial charge on any atom is -0.378 e. The number of likely N-dealkylation sites (tertiary alicyclic amines) is 1. The van der Waals surface area contributed by atoms with Crippen LogP contribution in [0.4, 0.5) is 10.5 Å². The summed E-state index contributed by atoms with van der Waals surface area (Å²) in [6.45, 7) is 7.35. The fraction of sp³-hybridized carbons (Fsp3) is 0.579. The van der Waals surface area contributed by atoms with E-state index < -0.39 is 0 Å². The summed E-state index contributed by atoms with van der Waals surface area (Å²) in [5, 5.41) is 2.97. The van der Waals surface area contributed by atoms with Crippen molar-refractivity contribution in [2.45, 2.75) is 32.7 Å². The highest BCUT2D eigenvalue weighted by Gasteiger charge is 2.31. The third-order valence-corrected chi connectivity index (χ3v) is 5.03. The molecule has 136 valence electrons. The van der Waals surface area contributed by atoms with Crippen LogP contribution in [0.2, 0.25) is 0 Å². The monoisotopic (exact) mass is 345 g/mol. The van der Waals surface area contributed by atoms with Crippen LogP contribution < -0.4 is 5.32 Å². The minimum absolute atomic E-state index is 0.0546. The summed E-state index contributed by atoms with van der Waals surface area (Å²) < 4.78 is 5.31. The second-order valence-corrected chi connectivity index (χ2v) is 7.03. The quantitative estimate of drug-likeness (QED) is 0.916. The highest BCUT2D eigenvalue weighted by Crippen LogP contribution is 2.25. The standard InChI is InChI=1S/C19H27N3O3/c1-14(2)17-8-5-9-22(17)19(24)20-16-7-4-3-6-15(16)18(23)21-10-12-25-13-11-21/h3-4,6-7,14,17H,5,8-13H2,1-2H3,(H,20,24)/t17-/m0/s1. The van der Waals surface area contributed by atoms with Gasteiger partial charge in [-0.2, -0.15) is 0 Å². The molecular weight excluding hydrogens is 318 g/mol. The van der Waals surface area contributed by atoms with E-state index in [-0.39, 0.29) is 18.0 Å². The lowest BCUT2D eigenvalue weighted by molar-refractivity contribution is 0.0303. The van der Waals surface area contributed by atoms with Crippen molar-refractivity contribution in [1.29, 1.82) is 0 Å². The van der Waals surface area contributed by atoms with Gasteiger partial charge in [-0.05, 0) is 30.9 Å². The molecular formula is C19H27N3O3. The normalized spacial score (nSPS) is 20.8. The Labute approximate surface area is 149 Å². The lowest BCUT2D eigenvalue weighted by Crippen LogP contribution is -2.42. The Morgan fingerprint density at radius 2 is 1.88 bits per heavy atom. The van der Waals surface area contributed by atoms with Gasteiger partial charge < -0.3 is 19.9 Å². The van der Waals surface area contributed by atoms with Crippen LogP contribution in [0.15, 0.2) is 24.3 Å². The van der Waals surface area contributed by atoms with Crippen LogP contribution in [0.25, 0.3) is 0 Å². The molecule has 2 saturated heterocycles. The summed E-state index contributed by atoms with van der Waals surface area (Å²) in [6.07, 6.45) is 2.07. The zero-order valence-corrected chi connectivity index (χ0v) is 15.0. The van der Waals surface area contributed by atoms with Gasteiger partial charge in [0.25, 0.3) is 5.91 Å². The summed E-state index contributed by atoms with van der Waals surface area (Å²) in [6, 6.07) is 7.40. The zero-order chi connectivity index (χ0) is 17.8. The number of morpholine rings is 1. The number of amides is 3. The van der Waals surface area contributed by atoms with Crippen molar-refractivity contribution in [2.24, 2.45) is 5.92 Å². The molecule has 0 aromatic heterocycles. The van der Waals surface area contributed by atoms with Crippen LogP contribution in [-0.2, 0) is 4.74 Å². The second kappa shape index (κ2) is 7.87. The number of ether oxygens (including phenoxy) is 1. The lowest BCUT2D eigenvalue weighted by Gasteiger charge is -2.29. The maximum absolute atomic E-state index is 12.8. The highest BCUT2D eigenvalue weighted by atomic mass is 16.5. The number of urea groups is 1. The van der Waals surface area contributed by atoms with Gasteiger partial charge in [0.15, 0.2) is 0 Å². The van der Waals surface area contributed by atoms with Crippen LogP contribution in [0.5, 0.6) is 0 Å². The first kappa shape index (κ1) is 17.7. The molecule has 0 bridgehead atoms. The average molecular weight is 345 g/mol. The number of nitrogens with one attached hydrogen (secondary N) is 1. The molecule has 6 heteroatoms. The second-order valence-electron chi connectivity index (χ2n) is 7.03. The van der Waals surface area contributed by atoms with Crippen LogP contribution in [-0.4, -0.2) is 60.6 Å². The topological polar surface area (TPSA) is 61.9 Å². The Morgan fingerprint density at radius 3 is 2.60 bits per heavy atom. The Hall–Kier alpha value is -2.08. The van der Waals surface area contributed by atoms with Crippen molar-refractivity contribution >= 4 is 17.6 Å². The number of carbonyl (C=O) groups is 2. The number of carbonyl (C=O) groups excluding carboxylic acids is 2. The Morgan fingerprint density at radius 1 is 1.16 bits per heavy atom. The van der Waals surface area contributed by atoms with E-state index in [1.165, 1.54) is 0 Å². The van der Waals surface area contributed by atoms with Gasteiger partial charge in [0, 0.05) is 25.7 Å². The molecule has 6 nitrogen and oxygen atoms in total. The number of para-hydroxylation sites is 1. The summed E-state index contributed by atoms with van der Waals surface area (Å²) in [5.41, 5.74) is 1.12. The Bertz CT molecular complexity index is 626. The number of hydrogen-bond donors (Lipinski definition) is 1. The van der Waals surface area contributed by atoms with Gasteiger partial charge >= 0.3 is 6.03 Å². The average Bonchev–Trinajstić information content (AvgIpc) is 3.12. The largest absolute Gasteiger partial charge is 0.378 e. The summed E-state index contributed by atoms with van der Waals surface area (Å²) in [5.74, 6) is 0.375. The molecule has 3 rings (SSSR count). The SMILES string of the molecule is CC(C)[C@@H]1CCCN1C(=O)Nc1ccccc1C(=O)N1CCOCC1. The van der Waals surface area contributed by atoms with Crippen LogP contribution in [0, 0.1) is 5.92 Å². The smallest absolute Gasteiger partial charge is 0.322 e. The van der Waals surface area contributed by atoms with Gasteiger partial charge in [-0.3, -0.25) is 4.79 Å². The number of hydrogen-bond acceptors (Lipinski definition) is 3. The van der Waals surface area contributed by atoms with Crippen molar-refractivity contribution in [1.82, 2.24) is 9.80 Å². The number of rotatable bonds is 3. The Kier molecular flexibility index (Phi) is 5.58. The minimum atomic E-state index is -0.113. The molecule has 0 saturated carbocycles. The van der Waals surface area contributed by atoms with Gasteiger partial charge in [0.2, 0.25) is 0 Å². The van der Waals surface area contributed by atoms with Crippen molar-refractivity contribution in [2.75, 3.05) is 38.2 Å². The molecule has 2 aliphatic rings. The zero-order valence-electron chi connectivity index (χ0n) is 15.0. The van der Waals surface area contributed by atoms with Crippen LogP contribution >= 0.6 is 0 Å². The van der Waals surface area contributed by atoms with Crippen LogP contribution in [0.1, 0.15) is 37.0 Å². The van der Waals surface area contributed by atoms with Gasteiger partial charge in [-0.25, -0.2) is 4.79 Å². The van der Waals surface area contributed by atoms with E-state index >= 15 is 0 Å². The van der Waals surface area contributed by atoms with Gasteiger partial charge in [-0.15, -0.1) is 0 Å². The van der Waals surface area contributed by atoms with E-state index in [1.54, 1.807) is 17.0 Å². The molecule has 2 heterocycles. The predicted octanol–water partition coefficient (Wildman–Crippen LogP) is 2.81. The third-order valence-electron chi connectivity index (χ3n) is 5.03. The summed E-state index contributed by atoms with van der Waals surface area (Å²) >= 11 is 0. The number of nitrogens with zero attached hydrogens (tertiary/aromatic N) is 2. The molecule has 3 amide bonds. The van der Waals surface area contributed by atoms with Crippen molar-refractivity contribution in [3.8, 4) is 0 Å². The molecule has 2 fully saturated rings. The molecule has 1 aromatic rings. The molecule has 0 unspecified atom stereocenters. The molecule has 2 aliphatic heterocycles. The van der Waals surface area contributed by atoms with E-state index in [0.717, 1.165) is 19.4 Å². The summed E-state index contributed by atoms with van der Waals surface area (Å²) in [4.78, 5) is 29.2. The highest BCUT2D eigenvalue weighted by molar-refractivity contribution is 6.03. The number of benzene rings is 1. The molecule has 1 atom stereocenters. The summed E-state index contributed by atoms with van der Waals surface area (Å²) in [7, 11) is 0. The molecule has 1 N–H and O–H groups in total. The third kappa shape index (κ3) is 3.95. The van der Waals surface area contributed by atoms with Crippen molar-refractivity contribution in [3.63, 3.8) is 0 Å². The Balaban J connectivity index is 1.74. The lowest BCUT2D eigenvalue weighted by atomic mass is 10.0. The van der Waals surface area contributed by atoms with E-state index in [9.17, 15) is 9.59 Å². The molecule has 1 aromatic carbocycles. The first-order valence-corrected chi connectivity index (χ1v) is 9.11. The maximum Gasteiger partial charge on any atom is 0.322 e. The first-order valence-electron chi connectivity index (χ1n) is 9.11. The number of anilines is 1. The first-order chi connectivity index (χ1) is 12.1.